The molecule has 2 heterocycles. The van der Waals surface area contributed by atoms with Crippen molar-refractivity contribution in [2.45, 2.75) is 38.3 Å². The molecule has 0 radical (unpaired) electrons. The molecule has 5 N–H and O–H groups in total. The molecule has 1 atom stereocenters. The molecule has 8 nitrogen and oxygen atoms in total. The van der Waals surface area contributed by atoms with Crippen molar-refractivity contribution in [2.75, 3.05) is 24.6 Å². The molecule has 37 heavy (non-hydrogen) atoms. The normalized spacial score (nSPS) is 17.7. The Morgan fingerprint density at radius 2 is 1.92 bits per heavy atom. The predicted molar refractivity (Wildman–Crippen MR) is 141 cm³/mol. The van der Waals surface area contributed by atoms with E-state index in [2.05, 4.69) is 51.0 Å². The molecule has 1 aromatic heterocycles. The van der Waals surface area contributed by atoms with Crippen LogP contribution >= 0.6 is 0 Å². The third-order valence-electron chi connectivity index (χ3n) is 7.45. The molecule has 0 bridgehead atoms. The lowest BCUT2D eigenvalue weighted by Crippen LogP contribution is -2.45. The van der Waals surface area contributed by atoms with E-state index >= 15 is 0 Å². The van der Waals surface area contributed by atoms with Crippen LogP contribution in [0.25, 0.3) is 0 Å². The Bertz CT molecular complexity index is 1340. The van der Waals surface area contributed by atoms with Gasteiger partial charge in [0.15, 0.2) is 5.82 Å². The number of aromatic nitrogens is 2. The molecule has 0 unspecified atom stereocenters. The van der Waals surface area contributed by atoms with E-state index in [-0.39, 0.29) is 37.0 Å². The molecule has 5 rings (SSSR count). The van der Waals surface area contributed by atoms with E-state index < -0.39 is 0 Å². The molecular formula is C29H31N5O3. The molecule has 1 saturated heterocycles. The SMILES string of the molecule is NC(=O)Cc1ccc(OCC#Cc2cnc(N3CCC4(CC3)Cc3ccccc3[C@H]4N)c(CO)n2)cc1. The number of primary amides is 1. The summed E-state index contributed by atoms with van der Waals surface area (Å²) in [6.07, 6.45) is 4.80. The van der Waals surface area contributed by atoms with Gasteiger partial charge in [0.2, 0.25) is 5.91 Å². The smallest absolute Gasteiger partial charge is 0.221 e. The lowest BCUT2D eigenvalue weighted by atomic mass is 9.73. The molecule has 1 amide bonds. The minimum Gasteiger partial charge on any atom is -0.481 e. The molecule has 3 aromatic rings. The van der Waals surface area contributed by atoms with Crippen LogP contribution in [0.3, 0.4) is 0 Å². The van der Waals surface area contributed by atoms with Gasteiger partial charge in [0.25, 0.3) is 0 Å². The first-order valence-corrected chi connectivity index (χ1v) is 12.5. The van der Waals surface area contributed by atoms with Crippen LogP contribution in [0.4, 0.5) is 5.82 Å². The maximum Gasteiger partial charge on any atom is 0.221 e. The summed E-state index contributed by atoms with van der Waals surface area (Å²) in [5.41, 5.74) is 16.5. The number of hydrogen-bond donors (Lipinski definition) is 3. The minimum absolute atomic E-state index is 0.0576. The number of aliphatic hydroxyl groups excluding tert-OH is 1. The number of carbonyl (C=O) groups excluding carboxylic acids is 1. The fourth-order valence-corrected chi connectivity index (χ4v) is 5.47. The Hall–Kier alpha value is -3.93. The van der Waals surface area contributed by atoms with Crippen LogP contribution in [-0.2, 0) is 24.2 Å². The van der Waals surface area contributed by atoms with Crippen LogP contribution in [0.1, 0.15) is 47.0 Å². The third kappa shape index (κ3) is 5.29. The van der Waals surface area contributed by atoms with Gasteiger partial charge in [-0.2, -0.15) is 0 Å². The van der Waals surface area contributed by atoms with Crippen molar-refractivity contribution in [3.05, 3.63) is 82.8 Å². The van der Waals surface area contributed by atoms with Gasteiger partial charge in [-0.05, 0) is 59.4 Å². The maximum absolute atomic E-state index is 11.0. The van der Waals surface area contributed by atoms with Crippen LogP contribution in [0, 0.1) is 17.3 Å². The second-order valence-corrected chi connectivity index (χ2v) is 9.76. The summed E-state index contributed by atoms with van der Waals surface area (Å²) >= 11 is 0. The molecule has 2 aliphatic rings. The molecule has 0 saturated carbocycles. The highest BCUT2D eigenvalue weighted by atomic mass is 16.5. The molecule has 1 spiro atoms. The van der Waals surface area contributed by atoms with Crippen molar-refractivity contribution in [2.24, 2.45) is 16.9 Å². The van der Waals surface area contributed by atoms with Crippen LogP contribution in [0.5, 0.6) is 5.75 Å². The largest absolute Gasteiger partial charge is 0.481 e. The zero-order valence-corrected chi connectivity index (χ0v) is 20.7. The van der Waals surface area contributed by atoms with E-state index in [4.69, 9.17) is 16.2 Å². The Morgan fingerprint density at radius 3 is 2.62 bits per heavy atom. The standard InChI is InChI=1S/C29H31N5O3/c30-26(36)16-20-7-9-23(10-8-20)37-15-3-5-22-18-32-28(25(19-35)33-22)34-13-11-29(12-14-34)17-21-4-1-2-6-24(21)27(29)31/h1-2,4,6-10,18,27,35H,11-17,19,31H2,(H2,30,36)/t27-/m1/s1. The molecule has 8 heteroatoms. The van der Waals surface area contributed by atoms with Gasteiger partial charge in [0.05, 0.1) is 19.2 Å². The van der Waals surface area contributed by atoms with Gasteiger partial charge in [0.1, 0.15) is 23.7 Å². The first-order chi connectivity index (χ1) is 18.0. The van der Waals surface area contributed by atoms with Crippen molar-refractivity contribution in [1.82, 2.24) is 9.97 Å². The van der Waals surface area contributed by atoms with Crippen molar-refractivity contribution in [3.63, 3.8) is 0 Å². The summed E-state index contributed by atoms with van der Waals surface area (Å²) in [5.74, 6) is 6.87. The predicted octanol–water partition coefficient (Wildman–Crippen LogP) is 2.27. The molecular weight excluding hydrogens is 466 g/mol. The van der Waals surface area contributed by atoms with Crippen molar-refractivity contribution in [1.29, 1.82) is 0 Å². The van der Waals surface area contributed by atoms with Crippen LogP contribution in [0.2, 0.25) is 0 Å². The van der Waals surface area contributed by atoms with Gasteiger partial charge in [-0.3, -0.25) is 4.79 Å². The number of ether oxygens (including phenoxy) is 1. The van der Waals surface area contributed by atoms with Crippen molar-refractivity contribution < 1.29 is 14.6 Å². The third-order valence-corrected chi connectivity index (χ3v) is 7.45. The number of aliphatic hydroxyl groups is 1. The van der Waals surface area contributed by atoms with Gasteiger partial charge in [0, 0.05) is 19.1 Å². The number of rotatable bonds is 6. The van der Waals surface area contributed by atoms with Crippen LogP contribution in [-0.4, -0.2) is 40.7 Å². The van der Waals surface area contributed by atoms with Gasteiger partial charge >= 0.3 is 0 Å². The highest BCUT2D eigenvalue weighted by molar-refractivity contribution is 5.76. The van der Waals surface area contributed by atoms with Crippen LogP contribution in [0.15, 0.2) is 54.7 Å². The lowest BCUT2D eigenvalue weighted by Gasteiger charge is -2.42. The minimum atomic E-state index is -0.373. The first-order valence-electron chi connectivity index (χ1n) is 12.5. The Balaban J connectivity index is 1.19. The van der Waals surface area contributed by atoms with E-state index in [1.807, 2.05) is 0 Å². The summed E-state index contributed by atoms with van der Waals surface area (Å²) in [4.78, 5) is 22.3. The number of anilines is 1. The number of nitrogens with zero attached hydrogens (tertiary/aromatic N) is 3. The van der Waals surface area contributed by atoms with Gasteiger partial charge in [-0.25, -0.2) is 9.97 Å². The zero-order valence-electron chi connectivity index (χ0n) is 20.7. The molecule has 2 aromatic carbocycles. The summed E-state index contributed by atoms with van der Waals surface area (Å²) in [5, 5.41) is 9.99. The molecule has 1 aliphatic heterocycles. The summed E-state index contributed by atoms with van der Waals surface area (Å²) in [7, 11) is 0. The fraction of sp³-hybridized carbons (Fsp3) is 0.345. The van der Waals surface area contributed by atoms with E-state index in [1.54, 1.807) is 30.5 Å². The summed E-state index contributed by atoms with van der Waals surface area (Å²) in [6.45, 7) is 1.60. The van der Waals surface area contributed by atoms with Gasteiger partial charge in [-0.1, -0.05) is 42.3 Å². The van der Waals surface area contributed by atoms with E-state index in [0.29, 0.717) is 23.0 Å². The van der Waals surface area contributed by atoms with Crippen LogP contribution < -0.4 is 21.1 Å². The number of fused-ring (bicyclic) bond motifs is 1. The van der Waals surface area contributed by atoms with E-state index in [1.165, 1.54) is 11.1 Å². The number of carbonyl (C=O) groups is 1. The van der Waals surface area contributed by atoms with Crippen molar-refractivity contribution >= 4 is 11.7 Å². The number of hydrogen-bond acceptors (Lipinski definition) is 7. The topological polar surface area (TPSA) is 128 Å². The molecule has 190 valence electrons. The van der Waals surface area contributed by atoms with E-state index in [9.17, 15) is 9.90 Å². The Kier molecular flexibility index (Phi) is 7.08. The number of benzene rings is 2. The summed E-state index contributed by atoms with van der Waals surface area (Å²) in [6, 6.07) is 15.7. The highest BCUT2D eigenvalue weighted by Crippen LogP contribution is 2.50. The fourth-order valence-electron chi connectivity index (χ4n) is 5.47. The first kappa shape index (κ1) is 24.8. The number of nitrogens with two attached hydrogens (primary N) is 2. The van der Waals surface area contributed by atoms with Gasteiger partial charge < -0.3 is 26.2 Å². The number of piperidine rings is 1. The summed E-state index contributed by atoms with van der Waals surface area (Å²) < 4.78 is 5.64. The van der Waals surface area contributed by atoms with E-state index in [0.717, 1.165) is 37.9 Å². The second-order valence-electron chi connectivity index (χ2n) is 9.76. The highest BCUT2D eigenvalue weighted by Gasteiger charge is 2.46. The monoisotopic (exact) mass is 497 g/mol. The average molecular weight is 498 g/mol. The average Bonchev–Trinajstić information content (AvgIpc) is 3.18. The Morgan fingerprint density at radius 1 is 1.16 bits per heavy atom. The lowest BCUT2D eigenvalue weighted by molar-refractivity contribution is -0.117. The molecule has 1 aliphatic carbocycles. The Labute approximate surface area is 216 Å². The number of amides is 1. The quantitative estimate of drug-likeness (QED) is 0.446. The van der Waals surface area contributed by atoms with Gasteiger partial charge in [-0.15, -0.1) is 0 Å². The second kappa shape index (κ2) is 10.6. The zero-order chi connectivity index (χ0) is 25.8. The maximum atomic E-state index is 11.0. The molecule has 1 fully saturated rings. The van der Waals surface area contributed by atoms with Crippen molar-refractivity contribution in [3.8, 4) is 17.6 Å².